The van der Waals surface area contributed by atoms with E-state index in [1.54, 1.807) is 0 Å². The summed E-state index contributed by atoms with van der Waals surface area (Å²) in [5, 5.41) is 0. The minimum absolute atomic E-state index is 0.618. The molecule has 0 bridgehead atoms. The second kappa shape index (κ2) is 8.11. The maximum absolute atomic E-state index is 5.89. The Hall–Kier alpha value is -2.72. The third kappa shape index (κ3) is 3.92. The number of hydrogen-bond donors (Lipinski definition) is 0. The number of imidazole rings is 1. The van der Waals surface area contributed by atoms with E-state index in [0.717, 1.165) is 34.9 Å². The number of fused-ring (bicyclic) bond motifs is 1. The fourth-order valence-corrected chi connectivity index (χ4v) is 3.79. The lowest BCUT2D eigenvalue weighted by Crippen LogP contribution is -2.10. The molecule has 4 rings (SSSR count). The fraction of sp³-hybridized carbons (Fsp3) is 0.136. The molecular formula is C22H20N2OS. The molecule has 130 valence electrons. The van der Waals surface area contributed by atoms with Crippen molar-refractivity contribution in [2.75, 3.05) is 6.61 Å². The highest BCUT2D eigenvalue weighted by molar-refractivity contribution is 7.98. The van der Waals surface area contributed by atoms with Gasteiger partial charge in [-0.2, -0.15) is 0 Å². The summed E-state index contributed by atoms with van der Waals surface area (Å²) in [6.45, 7) is 1.40. The number of rotatable bonds is 7. The molecule has 0 spiro atoms. The molecule has 0 saturated carbocycles. The van der Waals surface area contributed by atoms with Gasteiger partial charge in [0.15, 0.2) is 0 Å². The maximum atomic E-state index is 5.89. The summed E-state index contributed by atoms with van der Waals surface area (Å²) in [5.41, 5.74) is 2.20. The molecule has 0 N–H and O–H groups in total. The summed E-state index contributed by atoms with van der Waals surface area (Å²) in [6, 6.07) is 28.7. The van der Waals surface area contributed by atoms with Crippen molar-refractivity contribution >= 4 is 22.8 Å². The lowest BCUT2D eigenvalue weighted by Gasteiger charge is -2.11. The van der Waals surface area contributed by atoms with Crippen molar-refractivity contribution in [1.29, 1.82) is 0 Å². The second-order valence-electron chi connectivity index (χ2n) is 5.93. The van der Waals surface area contributed by atoms with Gasteiger partial charge in [-0.1, -0.05) is 48.5 Å². The van der Waals surface area contributed by atoms with Crippen molar-refractivity contribution in [2.24, 2.45) is 0 Å². The van der Waals surface area contributed by atoms with Gasteiger partial charge in [0.05, 0.1) is 23.3 Å². The molecule has 4 heteroatoms. The van der Waals surface area contributed by atoms with E-state index in [1.807, 2.05) is 54.2 Å². The lowest BCUT2D eigenvalue weighted by molar-refractivity contribution is 0.299. The smallest absolute Gasteiger partial charge is 0.120 e. The number of thioether (sulfide) groups is 1. The third-order valence-corrected chi connectivity index (χ3v) is 5.18. The summed E-state index contributed by atoms with van der Waals surface area (Å²) >= 11 is 1.81. The van der Waals surface area contributed by atoms with Crippen molar-refractivity contribution < 1.29 is 4.74 Å². The molecular weight excluding hydrogens is 340 g/mol. The topological polar surface area (TPSA) is 27.1 Å². The highest BCUT2D eigenvalue weighted by Gasteiger charge is 2.11. The van der Waals surface area contributed by atoms with Crippen LogP contribution in [0.15, 0.2) is 89.8 Å². The number of nitrogens with zero attached hydrogens (tertiary/aromatic N) is 2. The van der Waals surface area contributed by atoms with Crippen LogP contribution >= 0.6 is 11.8 Å². The predicted octanol–water partition coefficient (Wildman–Crippen LogP) is 5.41. The van der Waals surface area contributed by atoms with Crippen molar-refractivity contribution in [3.05, 3.63) is 90.8 Å². The summed E-state index contributed by atoms with van der Waals surface area (Å²) in [4.78, 5) is 6.10. The van der Waals surface area contributed by atoms with E-state index in [9.17, 15) is 0 Å². The van der Waals surface area contributed by atoms with E-state index >= 15 is 0 Å². The van der Waals surface area contributed by atoms with Gasteiger partial charge in [0.1, 0.15) is 18.2 Å². The lowest BCUT2D eigenvalue weighted by atomic mass is 10.3. The minimum atomic E-state index is 0.618. The molecule has 0 aliphatic rings. The van der Waals surface area contributed by atoms with E-state index in [4.69, 9.17) is 9.72 Å². The normalized spacial score (nSPS) is 10.9. The molecule has 4 aromatic rings. The Morgan fingerprint density at radius 3 is 2.31 bits per heavy atom. The number of para-hydroxylation sites is 3. The van der Waals surface area contributed by atoms with Crippen LogP contribution in [0.2, 0.25) is 0 Å². The standard InChI is InChI=1S/C22H20N2OS/c1-3-9-18(10-4-1)25-16-15-24-21-14-8-7-13-20(21)23-22(24)17-26-19-11-5-2-6-12-19/h1-14H,15-17H2. The molecule has 1 heterocycles. The van der Waals surface area contributed by atoms with Crippen LogP contribution in [0.3, 0.4) is 0 Å². The molecule has 0 saturated heterocycles. The van der Waals surface area contributed by atoms with Crippen molar-refractivity contribution in [3.63, 3.8) is 0 Å². The van der Waals surface area contributed by atoms with Crippen LogP contribution in [0.25, 0.3) is 11.0 Å². The summed E-state index contributed by atoms with van der Waals surface area (Å²) in [6.07, 6.45) is 0. The summed E-state index contributed by atoms with van der Waals surface area (Å²) < 4.78 is 8.16. The summed E-state index contributed by atoms with van der Waals surface area (Å²) in [7, 11) is 0. The first kappa shape index (κ1) is 16.7. The molecule has 0 amide bonds. The van der Waals surface area contributed by atoms with Gasteiger partial charge in [0.25, 0.3) is 0 Å². The zero-order chi connectivity index (χ0) is 17.6. The van der Waals surface area contributed by atoms with E-state index in [0.29, 0.717) is 6.61 Å². The zero-order valence-electron chi connectivity index (χ0n) is 14.4. The Bertz CT molecular complexity index is 967. The average molecular weight is 360 g/mol. The van der Waals surface area contributed by atoms with Crippen molar-refractivity contribution in [3.8, 4) is 5.75 Å². The van der Waals surface area contributed by atoms with E-state index in [-0.39, 0.29) is 0 Å². The van der Waals surface area contributed by atoms with Gasteiger partial charge < -0.3 is 9.30 Å². The third-order valence-electron chi connectivity index (χ3n) is 4.17. The van der Waals surface area contributed by atoms with Gasteiger partial charge in [-0.3, -0.25) is 0 Å². The Labute approximate surface area is 157 Å². The van der Waals surface area contributed by atoms with Gasteiger partial charge in [0, 0.05) is 4.90 Å². The van der Waals surface area contributed by atoms with Gasteiger partial charge in [0.2, 0.25) is 0 Å². The predicted molar refractivity (Wildman–Crippen MR) is 108 cm³/mol. The highest BCUT2D eigenvalue weighted by atomic mass is 32.2. The van der Waals surface area contributed by atoms with Gasteiger partial charge in [-0.15, -0.1) is 11.8 Å². The van der Waals surface area contributed by atoms with Crippen molar-refractivity contribution in [1.82, 2.24) is 9.55 Å². The molecule has 26 heavy (non-hydrogen) atoms. The average Bonchev–Trinajstić information content (AvgIpc) is 3.06. The van der Waals surface area contributed by atoms with Crippen LogP contribution < -0.4 is 4.74 Å². The van der Waals surface area contributed by atoms with Gasteiger partial charge >= 0.3 is 0 Å². The molecule has 1 aromatic heterocycles. The number of ether oxygens (including phenoxy) is 1. The van der Waals surface area contributed by atoms with Crippen LogP contribution in [0.5, 0.6) is 5.75 Å². The van der Waals surface area contributed by atoms with Crippen LogP contribution in [0.4, 0.5) is 0 Å². The molecule has 0 unspecified atom stereocenters. The summed E-state index contributed by atoms with van der Waals surface area (Å²) in [5.74, 6) is 2.82. The first-order valence-electron chi connectivity index (χ1n) is 8.70. The monoisotopic (exact) mass is 360 g/mol. The van der Waals surface area contributed by atoms with E-state index in [1.165, 1.54) is 4.90 Å². The number of hydrogen-bond acceptors (Lipinski definition) is 3. The molecule has 0 atom stereocenters. The van der Waals surface area contributed by atoms with Gasteiger partial charge in [-0.05, 0) is 36.4 Å². The number of benzene rings is 3. The number of aromatic nitrogens is 2. The van der Waals surface area contributed by atoms with E-state index < -0.39 is 0 Å². The molecule has 3 nitrogen and oxygen atoms in total. The van der Waals surface area contributed by atoms with E-state index in [2.05, 4.69) is 47.0 Å². The van der Waals surface area contributed by atoms with Crippen LogP contribution in [0.1, 0.15) is 5.82 Å². The largest absolute Gasteiger partial charge is 0.492 e. The highest BCUT2D eigenvalue weighted by Crippen LogP contribution is 2.25. The molecule has 0 radical (unpaired) electrons. The Balaban J connectivity index is 1.51. The molecule has 0 fully saturated rings. The van der Waals surface area contributed by atoms with Crippen LogP contribution in [0, 0.1) is 0 Å². The fourth-order valence-electron chi connectivity index (χ4n) is 2.92. The maximum Gasteiger partial charge on any atom is 0.120 e. The molecule has 0 aliphatic heterocycles. The van der Waals surface area contributed by atoms with Crippen molar-refractivity contribution in [2.45, 2.75) is 17.2 Å². The zero-order valence-corrected chi connectivity index (χ0v) is 15.2. The second-order valence-corrected chi connectivity index (χ2v) is 6.98. The Kier molecular flexibility index (Phi) is 5.22. The van der Waals surface area contributed by atoms with Crippen LogP contribution in [-0.2, 0) is 12.3 Å². The first-order chi connectivity index (χ1) is 12.9. The van der Waals surface area contributed by atoms with Gasteiger partial charge in [-0.25, -0.2) is 4.98 Å². The van der Waals surface area contributed by atoms with Crippen LogP contribution in [-0.4, -0.2) is 16.2 Å². The first-order valence-corrected chi connectivity index (χ1v) is 9.68. The Morgan fingerprint density at radius 2 is 1.50 bits per heavy atom. The minimum Gasteiger partial charge on any atom is -0.492 e. The molecule has 3 aromatic carbocycles. The SMILES string of the molecule is c1ccc(OCCn2c(CSc3ccccc3)nc3ccccc32)cc1. The Morgan fingerprint density at radius 1 is 0.808 bits per heavy atom. The molecule has 0 aliphatic carbocycles. The quantitative estimate of drug-likeness (QED) is 0.413.